The van der Waals surface area contributed by atoms with E-state index in [4.69, 9.17) is 4.74 Å². The molecule has 0 N–H and O–H groups in total. The fourth-order valence-corrected chi connectivity index (χ4v) is 1.67. The van der Waals surface area contributed by atoms with E-state index in [0.717, 1.165) is 5.56 Å². The van der Waals surface area contributed by atoms with Gasteiger partial charge in [0.15, 0.2) is 5.78 Å². The van der Waals surface area contributed by atoms with Crippen molar-refractivity contribution in [2.45, 2.75) is 33.8 Å². The van der Waals surface area contributed by atoms with Crippen LogP contribution in [0.2, 0.25) is 0 Å². The molecule has 18 heavy (non-hydrogen) atoms. The van der Waals surface area contributed by atoms with E-state index in [1.165, 1.54) is 6.92 Å². The molecule has 0 aliphatic carbocycles. The molecule has 0 aliphatic rings. The van der Waals surface area contributed by atoms with Gasteiger partial charge in [0.05, 0.1) is 6.10 Å². The van der Waals surface area contributed by atoms with Crippen LogP contribution in [0.3, 0.4) is 0 Å². The third-order valence-electron chi connectivity index (χ3n) is 2.48. The first kappa shape index (κ1) is 14.2. The van der Waals surface area contributed by atoms with Crippen molar-refractivity contribution in [2.75, 3.05) is 0 Å². The van der Waals surface area contributed by atoms with Crippen molar-refractivity contribution >= 4 is 17.3 Å². The van der Waals surface area contributed by atoms with Crippen LogP contribution >= 0.6 is 0 Å². The Morgan fingerprint density at radius 3 is 2.06 bits per heavy atom. The summed E-state index contributed by atoms with van der Waals surface area (Å²) in [4.78, 5) is 23.5. The van der Waals surface area contributed by atoms with E-state index >= 15 is 0 Å². The zero-order valence-corrected chi connectivity index (χ0v) is 11.2. The minimum atomic E-state index is -0.557. The summed E-state index contributed by atoms with van der Waals surface area (Å²) >= 11 is 0. The van der Waals surface area contributed by atoms with Crippen molar-refractivity contribution in [1.29, 1.82) is 0 Å². The number of esters is 1. The van der Waals surface area contributed by atoms with Gasteiger partial charge in [0.2, 0.25) is 0 Å². The summed E-state index contributed by atoms with van der Waals surface area (Å²) in [5.74, 6) is -0.833. The van der Waals surface area contributed by atoms with Gasteiger partial charge in [-0.25, -0.2) is 4.79 Å². The van der Waals surface area contributed by atoms with E-state index in [-0.39, 0.29) is 17.5 Å². The molecule has 1 aromatic carbocycles. The van der Waals surface area contributed by atoms with E-state index in [1.807, 2.05) is 30.3 Å². The van der Waals surface area contributed by atoms with Gasteiger partial charge < -0.3 is 4.74 Å². The highest BCUT2D eigenvalue weighted by atomic mass is 16.5. The van der Waals surface area contributed by atoms with Crippen molar-refractivity contribution in [3.05, 3.63) is 41.5 Å². The maximum atomic E-state index is 11.9. The van der Waals surface area contributed by atoms with Gasteiger partial charge in [0, 0.05) is 0 Å². The van der Waals surface area contributed by atoms with Gasteiger partial charge in [-0.3, -0.25) is 4.79 Å². The molecule has 0 atom stereocenters. The predicted molar refractivity (Wildman–Crippen MR) is 70.9 cm³/mol. The number of hydrogen-bond acceptors (Lipinski definition) is 3. The van der Waals surface area contributed by atoms with Crippen LogP contribution in [0.1, 0.15) is 33.3 Å². The molecule has 0 aromatic heterocycles. The van der Waals surface area contributed by atoms with Crippen molar-refractivity contribution < 1.29 is 14.3 Å². The molecular formula is C15H18O3. The van der Waals surface area contributed by atoms with Crippen molar-refractivity contribution in [1.82, 2.24) is 0 Å². The Bertz CT molecular complexity index is 470. The van der Waals surface area contributed by atoms with Gasteiger partial charge in [-0.2, -0.15) is 0 Å². The minimum absolute atomic E-state index is 0.120. The van der Waals surface area contributed by atoms with E-state index in [9.17, 15) is 9.59 Å². The number of ether oxygens (including phenoxy) is 1. The molecule has 96 valence electrons. The van der Waals surface area contributed by atoms with Crippen LogP contribution in [0.25, 0.3) is 5.57 Å². The first-order valence-corrected chi connectivity index (χ1v) is 5.91. The largest absolute Gasteiger partial charge is 0.459 e. The van der Waals surface area contributed by atoms with E-state index in [2.05, 4.69) is 0 Å². The van der Waals surface area contributed by atoms with Crippen molar-refractivity contribution in [2.24, 2.45) is 0 Å². The SMILES string of the molecule is CC(=O)C(C(=O)OC(C)C)=C(C)c1ccccc1. The lowest BCUT2D eigenvalue weighted by Gasteiger charge is -2.12. The van der Waals surface area contributed by atoms with E-state index < -0.39 is 5.97 Å². The van der Waals surface area contributed by atoms with Crippen LogP contribution < -0.4 is 0 Å². The number of carbonyl (C=O) groups is 2. The summed E-state index contributed by atoms with van der Waals surface area (Å²) in [6, 6.07) is 9.34. The molecule has 0 bridgehead atoms. The van der Waals surface area contributed by atoms with Gasteiger partial charge in [-0.05, 0) is 38.8 Å². The average Bonchev–Trinajstić information content (AvgIpc) is 2.28. The van der Waals surface area contributed by atoms with Crippen LogP contribution in [0.5, 0.6) is 0 Å². The van der Waals surface area contributed by atoms with Crippen LogP contribution in [0.15, 0.2) is 35.9 Å². The summed E-state index contributed by atoms with van der Waals surface area (Å²) in [6.45, 7) is 6.65. The lowest BCUT2D eigenvalue weighted by Crippen LogP contribution is -2.19. The highest BCUT2D eigenvalue weighted by molar-refractivity contribution is 6.21. The van der Waals surface area contributed by atoms with Gasteiger partial charge in [-0.15, -0.1) is 0 Å². The number of Topliss-reactive ketones (excluding diaryl/α,β-unsaturated/α-hetero) is 1. The summed E-state index contributed by atoms with van der Waals surface area (Å²) < 4.78 is 5.10. The maximum Gasteiger partial charge on any atom is 0.342 e. The molecule has 3 nitrogen and oxygen atoms in total. The molecule has 3 heteroatoms. The van der Waals surface area contributed by atoms with Gasteiger partial charge in [0.25, 0.3) is 0 Å². The second kappa shape index (κ2) is 6.15. The number of allylic oxidation sites excluding steroid dienone is 1. The topological polar surface area (TPSA) is 43.4 Å². The molecule has 0 saturated heterocycles. The fourth-order valence-electron chi connectivity index (χ4n) is 1.67. The van der Waals surface area contributed by atoms with Gasteiger partial charge in [0.1, 0.15) is 5.57 Å². The third-order valence-corrected chi connectivity index (χ3v) is 2.48. The monoisotopic (exact) mass is 246 g/mol. The number of carbonyl (C=O) groups excluding carboxylic acids is 2. The van der Waals surface area contributed by atoms with Crippen molar-refractivity contribution in [3.8, 4) is 0 Å². The standard InChI is InChI=1S/C15H18O3/c1-10(2)18-15(17)14(12(4)16)11(3)13-8-6-5-7-9-13/h5-10H,1-4H3. The summed E-state index contributed by atoms with van der Waals surface area (Å²) in [6.07, 6.45) is -0.240. The maximum absolute atomic E-state index is 11.9. The van der Waals surface area contributed by atoms with Gasteiger partial charge in [-0.1, -0.05) is 30.3 Å². The third kappa shape index (κ3) is 3.55. The molecule has 0 amide bonds. The average molecular weight is 246 g/mol. The van der Waals surface area contributed by atoms with Crippen LogP contribution in [-0.2, 0) is 14.3 Å². The smallest absolute Gasteiger partial charge is 0.342 e. The Morgan fingerprint density at radius 2 is 1.61 bits per heavy atom. The second-order valence-electron chi connectivity index (χ2n) is 4.38. The molecule has 0 unspecified atom stereocenters. The normalized spacial score (nSPS) is 12.1. The highest BCUT2D eigenvalue weighted by Gasteiger charge is 2.20. The van der Waals surface area contributed by atoms with Crippen molar-refractivity contribution in [3.63, 3.8) is 0 Å². The molecule has 0 heterocycles. The lowest BCUT2D eigenvalue weighted by molar-refractivity contribution is -0.143. The Labute approximate surface area is 107 Å². The zero-order chi connectivity index (χ0) is 13.7. The minimum Gasteiger partial charge on any atom is -0.459 e. The molecule has 0 aliphatic heterocycles. The number of ketones is 1. The number of rotatable bonds is 4. The Balaban J connectivity index is 3.19. The van der Waals surface area contributed by atoms with Crippen LogP contribution in [-0.4, -0.2) is 17.9 Å². The predicted octanol–water partition coefficient (Wildman–Crippen LogP) is 3.00. The molecule has 1 rings (SSSR count). The quantitative estimate of drug-likeness (QED) is 0.355. The Hall–Kier alpha value is -1.90. The van der Waals surface area contributed by atoms with E-state index in [0.29, 0.717) is 5.57 Å². The number of benzene rings is 1. The van der Waals surface area contributed by atoms with Gasteiger partial charge >= 0.3 is 5.97 Å². The molecule has 1 aromatic rings. The zero-order valence-electron chi connectivity index (χ0n) is 11.2. The summed E-state index contributed by atoms with van der Waals surface area (Å²) in [5, 5.41) is 0. The molecule has 0 fully saturated rings. The molecule has 0 spiro atoms. The molecule has 0 radical (unpaired) electrons. The molecular weight excluding hydrogens is 228 g/mol. The van der Waals surface area contributed by atoms with E-state index in [1.54, 1.807) is 20.8 Å². The Kier molecular flexibility index (Phi) is 4.84. The van der Waals surface area contributed by atoms with Crippen LogP contribution in [0.4, 0.5) is 0 Å². The highest BCUT2D eigenvalue weighted by Crippen LogP contribution is 2.20. The fraction of sp³-hybridized carbons (Fsp3) is 0.333. The summed E-state index contributed by atoms with van der Waals surface area (Å²) in [7, 11) is 0. The van der Waals surface area contributed by atoms with Crippen LogP contribution in [0, 0.1) is 0 Å². The summed E-state index contributed by atoms with van der Waals surface area (Å²) in [5.41, 5.74) is 1.62. The first-order valence-electron chi connectivity index (χ1n) is 5.91. The molecule has 0 saturated carbocycles. The lowest BCUT2D eigenvalue weighted by atomic mass is 9.99. The Morgan fingerprint density at radius 1 is 1.06 bits per heavy atom. The second-order valence-corrected chi connectivity index (χ2v) is 4.38. The number of hydrogen-bond donors (Lipinski definition) is 0. The first-order chi connectivity index (χ1) is 8.43.